The van der Waals surface area contributed by atoms with Crippen LogP contribution in [0.3, 0.4) is 0 Å². The zero-order valence-corrected chi connectivity index (χ0v) is 16.3. The Balaban J connectivity index is 5.57. The van der Waals surface area contributed by atoms with Crippen LogP contribution in [-0.4, -0.2) is 27.4 Å². The van der Waals surface area contributed by atoms with Crippen LogP contribution in [0.15, 0.2) is 0 Å². The summed E-state index contributed by atoms with van der Waals surface area (Å²) in [5.41, 5.74) is -0.462. The normalized spacial score (nSPS) is 14.8. The Morgan fingerprint density at radius 2 is 1.67 bits per heavy atom. The third-order valence-electron chi connectivity index (χ3n) is 2.92. The third-order valence-corrected chi connectivity index (χ3v) is 6.68. The van der Waals surface area contributed by atoms with Gasteiger partial charge in [0.05, 0.1) is 19.3 Å². The minimum atomic E-state index is -3.38. The van der Waals surface area contributed by atoms with Crippen molar-refractivity contribution in [3.8, 4) is 6.07 Å². The Labute approximate surface area is 130 Å². The van der Waals surface area contributed by atoms with Crippen LogP contribution in [0.5, 0.6) is 0 Å². The third kappa shape index (κ3) is 7.08. The highest BCUT2D eigenvalue weighted by molar-refractivity contribution is 7.54. The Kier molecular flexibility index (Phi) is 8.38. The van der Waals surface area contributed by atoms with Gasteiger partial charge >= 0.3 is 7.60 Å². The lowest BCUT2D eigenvalue weighted by Crippen LogP contribution is -2.41. The van der Waals surface area contributed by atoms with Gasteiger partial charge in [0, 0.05) is 11.8 Å². The minimum Gasteiger partial charge on any atom is -0.403 e. The van der Waals surface area contributed by atoms with E-state index in [9.17, 15) is 4.57 Å². The van der Waals surface area contributed by atoms with Crippen LogP contribution in [0, 0.1) is 16.7 Å². The summed E-state index contributed by atoms with van der Waals surface area (Å²) in [6.45, 7) is 14.2. The molecule has 0 aromatic heterocycles. The second-order valence-corrected chi connectivity index (χ2v) is 13.1. The van der Waals surface area contributed by atoms with E-state index < -0.39 is 27.2 Å². The molecule has 0 aromatic carbocycles. The number of hydrogen-bond acceptors (Lipinski definition) is 5. The van der Waals surface area contributed by atoms with Crippen LogP contribution in [0.2, 0.25) is 19.6 Å². The molecule has 0 amide bonds. The highest BCUT2D eigenvalue weighted by Crippen LogP contribution is 2.60. The summed E-state index contributed by atoms with van der Waals surface area (Å²) < 4.78 is 30.3. The maximum Gasteiger partial charge on any atom is 0.358 e. The number of nitrogens with zero attached hydrogens (tertiary/aromatic N) is 1. The molecule has 0 bridgehead atoms. The monoisotopic (exact) mass is 335 g/mol. The largest absolute Gasteiger partial charge is 0.403 e. The maximum absolute atomic E-state index is 13.2. The molecule has 0 N–H and O–H groups in total. The number of hydrogen-bond donors (Lipinski definition) is 0. The molecule has 7 heteroatoms. The van der Waals surface area contributed by atoms with Crippen molar-refractivity contribution in [1.82, 2.24) is 0 Å². The van der Waals surface area contributed by atoms with Gasteiger partial charge in [-0.05, 0) is 39.9 Å². The Morgan fingerprint density at radius 1 is 1.19 bits per heavy atom. The molecule has 5 nitrogen and oxygen atoms in total. The molecule has 124 valence electrons. The molecule has 0 aromatic rings. The van der Waals surface area contributed by atoms with Crippen molar-refractivity contribution in [3.63, 3.8) is 0 Å². The van der Waals surface area contributed by atoms with Gasteiger partial charge in [-0.25, -0.2) is 0 Å². The Hall–Kier alpha value is -0.183. The summed E-state index contributed by atoms with van der Waals surface area (Å²) in [6, 6.07) is 2.14. The van der Waals surface area contributed by atoms with Gasteiger partial charge < -0.3 is 13.5 Å². The minimum absolute atomic E-state index is 0.303. The van der Waals surface area contributed by atoms with E-state index >= 15 is 0 Å². The lowest BCUT2D eigenvalue weighted by Gasteiger charge is -2.40. The maximum atomic E-state index is 13.2. The highest BCUT2D eigenvalue weighted by atomic mass is 31.2. The van der Waals surface area contributed by atoms with Crippen molar-refractivity contribution in [1.29, 1.82) is 5.26 Å². The average Bonchev–Trinajstić information content (AvgIpc) is 2.33. The summed E-state index contributed by atoms with van der Waals surface area (Å²) in [7, 11) is -5.34. The molecule has 0 aliphatic heterocycles. The first-order valence-corrected chi connectivity index (χ1v) is 12.5. The molecular formula is C14H30NO4PSi. The fourth-order valence-corrected chi connectivity index (χ4v) is 6.53. The predicted molar refractivity (Wildman–Crippen MR) is 87.7 cm³/mol. The molecule has 21 heavy (non-hydrogen) atoms. The van der Waals surface area contributed by atoms with Gasteiger partial charge in [0.15, 0.2) is 14.2 Å². The van der Waals surface area contributed by atoms with E-state index in [1.165, 1.54) is 0 Å². The van der Waals surface area contributed by atoms with E-state index in [1.807, 2.05) is 33.5 Å². The van der Waals surface area contributed by atoms with Crippen molar-refractivity contribution in [2.24, 2.45) is 5.41 Å². The van der Waals surface area contributed by atoms with E-state index in [2.05, 4.69) is 6.07 Å². The standard InChI is InChI=1S/C14H30NO4PSi/c1-8-17-20(16,18-9-2)13(19-21(5,6)7)14(3,4)11-10-12-15/h13H,8-11H2,1-7H3. The van der Waals surface area contributed by atoms with Gasteiger partial charge in [-0.1, -0.05) is 13.8 Å². The fourth-order valence-electron chi connectivity index (χ4n) is 2.02. The lowest BCUT2D eigenvalue weighted by atomic mass is 9.89. The molecule has 1 unspecified atom stereocenters. The smallest absolute Gasteiger partial charge is 0.358 e. The molecule has 1 atom stereocenters. The quantitative estimate of drug-likeness (QED) is 0.425. The summed E-state index contributed by atoms with van der Waals surface area (Å²) in [5.74, 6) is -0.648. The van der Waals surface area contributed by atoms with Crippen LogP contribution in [0.4, 0.5) is 0 Å². The SMILES string of the molecule is CCOP(=O)(OCC)C(O[Si](C)(C)C)C(C)(C)CCC#N. The van der Waals surface area contributed by atoms with E-state index in [1.54, 1.807) is 13.8 Å². The second-order valence-electron chi connectivity index (χ2n) is 6.60. The van der Waals surface area contributed by atoms with Crippen LogP contribution < -0.4 is 0 Å². The number of rotatable bonds is 10. The molecule has 0 heterocycles. The van der Waals surface area contributed by atoms with E-state index in [0.717, 1.165) is 0 Å². The predicted octanol–water partition coefficient (Wildman–Crippen LogP) is 4.76. The van der Waals surface area contributed by atoms with Gasteiger partial charge in [-0.3, -0.25) is 4.57 Å². The molecule has 0 saturated heterocycles. The van der Waals surface area contributed by atoms with Crippen LogP contribution in [0.1, 0.15) is 40.5 Å². The lowest BCUT2D eigenvalue weighted by molar-refractivity contribution is 0.0787. The molecule has 0 aliphatic carbocycles. The topological polar surface area (TPSA) is 68.6 Å². The molecule has 0 aliphatic rings. The van der Waals surface area contributed by atoms with Crippen LogP contribution in [0.25, 0.3) is 0 Å². The van der Waals surface area contributed by atoms with Crippen molar-refractivity contribution in [3.05, 3.63) is 0 Å². The van der Waals surface area contributed by atoms with Gasteiger partial charge in [-0.2, -0.15) is 5.26 Å². The van der Waals surface area contributed by atoms with Gasteiger partial charge in [0.2, 0.25) is 0 Å². The molecule has 0 rings (SSSR count). The van der Waals surface area contributed by atoms with Crippen molar-refractivity contribution >= 4 is 15.9 Å². The zero-order chi connectivity index (χ0) is 16.7. The van der Waals surface area contributed by atoms with Crippen LogP contribution in [-0.2, 0) is 18.0 Å². The first kappa shape index (κ1) is 20.8. The fraction of sp³-hybridized carbons (Fsp3) is 0.929. The summed E-state index contributed by atoms with van der Waals surface area (Å²) >= 11 is 0. The zero-order valence-electron chi connectivity index (χ0n) is 14.4. The summed E-state index contributed by atoms with van der Waals surface area (Å²) in [5, 5.41) is 8.84. The molecular weight excluding hydrogens is 305 g/mol. The Morgan fingerprint density at radius 3 is 2.00 bits per heavy atom. The molecule has 0 saturated carbocycles. The molecule has 0 spiro atoms. The first-order chi connectivity index (χ1) is 9.52. The average molecular weight is 335 g/mol. The van der Waals surface area contributed by atoms with Crippen LogP contribution >= 0.6 is 7.60 Å². The van der Waals surface area contributed by atoms with Crippen molar-refractivity contribution < 1.29 is 18.0 Å². The second kappa shape index (κ2) is 8.45. The Bertz CT molecular complexity index is 391. The molecule has 0 radical (unpaired) electrons. The highest BCUT2D eigenvalue weighted by Gasteiger charge is 2.48. The number of nitriles is 1. The van der Waals surface area contributed by atoms with Gasteiger partial charge in [0.25, 0.3) is 0 Å². The van der Waals surface area contributed by atoms with Gasteiger partial charge in [-0.15, -0.1) is 0 Å². The van der Waals surface area contributed by atoms with E-state index in [-0.39, 0.29) is 0 Å². The van der Waals surface area contributed by atoms with Gasteiger partial charge in [0.1, 0.15) is 0 Å². The summed E-state index contributed by atoms with van der Waals surface area (Å²) in [4.78, 5) is 0. The molecule has 0 fully saturated rings. The van der Waals surface area contributed by atoms with E-state index in [0.29, 0.717) is 26.1 Å². The first-order valence-electron chi connectivity index (χ1n) is 7.46. The van der Waals surface area contributed by atoms with E-state index in [4.69, 9.17) is 18.7 Å². The van der Waals surface area contributed by atoms with Crippen molar-refractivity contribution in [2.45, 2.75) is 66.0 Å². The summed E-state index contributed by atoms with van der Waals surface area (Å²) in [6.07, 6.45) is 0.972. The van der Waals surface area contributed by atoms with Crippen molar-refractivity contribution in [2.75, 3.05) is 13.2 Å².